The van der Waals surface area contributed by atoms with Crippen molar-refractivity contribution in [3.63, 3.8) is 0 Å². The highest BCUT2D eigenvalue weighted by Crippen LogP contribution is 2.31. The van der Waals surface area contributed by atoms with Crippen LogP contribution in [-0.4, -0.2) is 25.1 Å². The van der Waals surface area contributed by atoms with Gasteiger partial charge in [0, 0.05) is 12.6 Å². The van der Waals surface area contributed by atoms with Gasteiger partial charge in [0.25, 0.3) is 5.91 Å². The summed E-state index contributed by atoms with van der Waals surface area (Å²) in [6.45, 7) is 2.58. The Labute approximate surface area is 124 Å². The third kappa shape index (κ3) is 3.53. The van der Waals surface area contributed by atoms with Crippen LogP contribution in [0.4, 0.5) is 4.39 Å². The van der Waals surface area contributed by atoms with Crippen molar-refractivity contribution in [3.05, 3.63) is 29.6 Å². The van der Waals surface area contributed by atoms with Gasteiger partial charge in [-0.3, -0.25) is 4.79 Å². The highest BCUT2D eigenvalue weighted by molar-refractivity contribution is 5.95. The Morgan fingerprint density at radius 1 is 1.48 bits per heavy atom. The molecule has 1 amide bonds. The zero-order valence-electron chi connectivity index (χ0n) is 12.6. The number of nitrogens with two attached hydrogens (primary N) is 1. The smallest absolute Gasteiger partial charge is 0.254 e. The predicted molar refractivity (Wildman–Crippen MR) is 79.8 cm³/mol. The Hall–Kier alpha value is -1.62. The summed E-state index contributed by atoms with van der Waals surface area (Å²) < 4.78 is 18.9. The van der Waals surface area contributed by atoms with Gasteiger partial charge in [0.15, 0.2) is 0 Å². The van der Waals surface area contributed by atoms with Crippen LogP contribution in [0.2, 0.25) is 0 Å². The Morgan fingerprint density at radius 3 is 2.67 bits per heavy atom. The first-order valence-corrected chi connectivity index (χ1v) is 7.36. The zero-order valence-corrected chi connectivity index (χ0v) is 12.6. The largest absolute Gasteiger partial charge is 0.497 e. The van der Waals surface area contributed by atoms with E-state index in [0.29, 0.717) is 18.2 Å². The average Bonchev–Trinajstić information content (AvgIpc) is 2.49. The molecule has 1 aliphatic carbocycles. The predicted octanol–water partition coefficient (Wildman–Crippen LogP) is 2.47. The van der Waals surface area contributed by atoms with Crippen LogP contribution in [0.25, 0.3) is 0 Å². The molecule has 0 heterocycles. The van der Waals surface area contributed by atoms with Gasteiger partial charge in [-0.05, 0) is 43.7 Å². The quantitative estimate of drug-likeness (QED) is 0.896. The van der Waals surface area contributed by atoms with Crippen LogP contribution < -0.4 is 15.8 Å². The summed E-state index contributed by atoms with van der Waals surface area (Å²) in [4.78, 5) is 12.3. The fourth-order valence-electron chi connectivity index (χ4n) is 2.81. The molecule has 0 bridgehead atoms. The van der Waals surface area contributed by atoms with Crippen LogP contribution in [0.5, 0.6) is 5.75 Å². The second-order valence-electron chi connectivity index (χ2n) is 5.97. The highest BCUT2D eigenvalue weighted by Gasteiger charge is 2.35. The Kier molecular flexibility index (Phi) is 4.83. The van der Waals surface area contributed by atoms with Gasteiger partial charge < -0.3 is 15.8 Å². The van der Waals surface area contributed by atoms with Crippen molar-refractivity contribution >= 4 is 5.91 Å². The van der Waals surface area contributed by atoms with E-state index in [1.54, 1.807) is 6.07 Å². The molecule has 0 aromatic heterocycles. The zero-order chi connectivity index (χ0) is 15.5. The number of methoxy groups -OCH3 is 1. The maximum Gasteiger partial charge on any atom is 0.254 e. The minimum atomic E-state index is -0.580. The lowest BCUT2D eigenvalue weighted by Crippen LogP contribution is -2.55. The molecule has 0 unspecified atom stereocenters. The monoisotopic (exact) mass is 294 g/mol. The van der Waals surface area contributed by atoms with Crippen molar-refractivity contribution in [2.24, 2.45) is 11.7 Å². The van der Waals surface area contributed by atoms with E-state index in [2.05, 4.69) is 12.2 Å². The summed E-state index contributed by atoms with van der Waals surface area (Å²) in [5, 5.41) is 2.95. The van der Waals surface area contributed by atoms with Gasteiger partial charge in [-0.1, -0.05) is 6.92 Å². The maximum atomic E-state index is 14.0. The summed E-state index contributed by atoms with van der Waals surface area (Å²) in [6, 6.07) is 4.24. The van der Waals surface area contributed by atoms with Crippen molar-refractivity contribution in [1.82, 2.24) is 5.32 Å². The molecule has 0 atom stereocenters. The number of ether oxygens (including phenoxy) is 1. The summed E-state index contributed by atoms with van der Waals surface area (Å²) >= 11 is 0. The number of hydrogen-bond donors (Lipinski definition) is 2. The molecule has 1 saturated carbocycles. The molecule has 4 nitrogen and oxygen atoms in total. The molecule has 0 radical (unpaired) electrons. The third-order valence-corrected chi connectivity index (χ3v) is 4.42. The van der Waals surface area contributed by atoms with Crippen LogP contribution in [0.15, 0.2) is 18.2 Å². The number of hydrogen-bond acceptors (Lipinski definition) is 3. The normalized spacial score (nSPS) is 25.4. The van der Waals surface area contributed by atoms with Gasteiger partial charge in [-0.25, -0.2) is 4.39 Å². The van der Waals surface area contributed by atoms with Crippen LogP contribution >= 0.6 is 0 Å². The van der Waals surface area contributed by atoms with Crippen molar-refractivity contribution in [3.8, 4) is 5.75 Å². The molecule has 1 fully saturated rings. The number of carbonyl (C=O) groups excluding carboxylic acids is 1. The number of carbonyl (C=O) groups is 1. The molecule has 1 aromatic carbocycles. The standard InChI is InChI=1S/C16H23FN2O2/c1-11-5-7-16(10-18,8-6-11)19-15(20)13-4-3-12(21-2)9-14(13)17/h3-4,9,11H,5-8,10,18H2,1-2H3,(H,19,20). The molecule has 0 saturated heterocycles. The SMILES string of the molecule is COc1ccc(C(=O)NC2(CN)CCC(C)CC2)c(F)c1. The van der Waals surface area contributed by atoms with Crippen molar-refractivity contribution < 1.29 is 13.9 Å². The lowest BCUT2D eigenvalue weighted by Gasteiger charge is -2.39. The highest BCUT2D eigenvalue weighted by atomic mass is 19.1. The fourth-order valence-corrected chi connectivity index (χ4v) is 2.81. The van der Waals surface area contributed by atoms with Crippen LogP contribution in [-0.2, 0) is 0 Å². The summed E-state index contributed by atoms with van der Waals surface area (Å²) in [6.07, 6.45) is 3.74. The van der Waals surface area contributed by atoms with E-state index < -0.39 is 17.3 Å². The Bertz CT molecular complexity index is 511. The minimum absolute atomic E-state index is 0.0299. The first-order chi connectivity index (χ1) is 9.99. The molecule has 116 valence electrons. The summed E-state index contributed by atoms with van der Waals surface area (Å²) in [7, 11) is 1.46. The van der Waals surface area contributed by atoms with E-state index in [1.807, 2.05) is 0 Å². The van der Waals surface area contributed by atoms with Crippen molar-refractivity contribution in [2.75, 3.05) is 13.7 Å². The van der Waals surface area contributed by atoms with Gasteiger partial charge in [0.2, 0.25) is 0 Å². The average molecular weight is 294 g/mol. The van der Waals surface area contributed by atoms with E-state index >= 15 is 0 Å². The lowest BCUT2D eigenvalue weighted by molar-refractivity contribution is 0.0856. The van der Waals surface area contributed by atoms with Crippen molar-refractivity contribution in [2.45, 2.75) is 38.1 Å². The van der Waals surface area contributed by atoms with E-state index in [-0.39, 0.29) is 5.56 Å². The number of amides is 1. The van der Waals surface area contributed by atoms with Gasteiger partial charge in [-0.15, -0.1) is 0 Å². The molecule has 5 heteroatoms. The van der Waals surface area contributed by atoms with E-state index in [4.69, 9.17) is 10.5 Å². The molecule has 1 aromatic rings. The van der Waals surface area contributed by atoms with Crippen LogP contribution in [0, 0.1) is 11.7 Å². The van der Waals surface area contributed by atoms with E-state index in [9.17, 15) is 9.18 Å². The van der Waals surface area contributed by atoms with E-state index in [1.165, 1.54) is 19.2 Å². The molecule has 0 aliphatic heterocycles. The topological polar surface area (TPSA) is 64.3 Å². The first-order valence-electron chi connectivity index (χ1n) is 7.36. The summed E-state index contributed by atoms with van der Waals surface area (Å²) in [5.41, 5.74) is 5.49. The van der Waals surface area contributed by atoms with Crippen molar-refractivity contribution in [1.29, 1.82) is 0 Å². The molecule has 1 aliphatic rings. The maximum absolute atomic E-state index is 14.0. The summed E-state index contributed by atoms with van der Waals surface area (Å²) in [5.74, 6) is 0.0572. The Morgan fingerprint density at radius 2 is 2.14 bits per heavy atom. The minimum Gasteiger partial charge on any atom is -0.497 e. The lowest BCUT2D eigenvalue weighted by atomic mass is 9.77. The Balaban J connectivity index is 2.13. The van der Waals surface area contributed by atoms with Crippen LogP contribution in [0.3, 0.4) is 0 Å². The van der Waals surface area contributed by atoms with Gasteiger partial charge in [0.1, 0.15) is 11.6 Å². The third-order valence-electron chi connectivity index (χ3n) is 4.42. The van der Waals surface area contributed by atoms with Crippen LogP contribution in [0.1, 0.15) is 43.0 Å². The molecule has 3 N–H and O–H groups in total. The molecule has 0 spiro atoms. The second kappa shape index (κ2) is 6.43. The van der Waals surface area contributed by atoms with Gasteiger partial charge >= 0.3 is 0 Å². The van der Waals surface area contributed by atoms with Gasteiger partial charge in [0.05, 0.1) is 18.2 Å². The fraction of sp³-hybridized carbons (Fsp3) is 0.562. The molecule has 2 rings (SSSR count). The number of benzene rings is 1. The number of halogens is 1. The molecular weight excluding hydrogens is 271 g/mol. The second-order valence-corrected chi connectivity index (χ2v) is 5.97. The first kappa shape index (κ1) is 15.8. The molecular formula is C16H23FN2O2. The molecule has 21 heavy (non-hydrogen) atoms. The van der Waals surface area contributed by atoms with Gasteiger partial charge in [-0.2, -0.15) is 0 Å². The number of rotatable bonds is 4. The van der Waals surface area contributed by atoms with E-state index in [0.717, 1.165) is 25.7 Å². The number of nitrogens with one attached hydrogen (secondary N) is 1.